The average molecular weight is 260 g/mol. The summed E-state index contributed by atoms with van der Waals surface area (Å²) < 4.78 is 28.4. The number of hydrogen-bond acceptors (Lipinski definition) is 3. The molecule has 0 atom stereocenters. The number of hydrogen-bond donors (Lipinski definition) is 2. The molecule has 0 radical (unpaired) electrons. The van der Waals surface area contributed by atoms with Crippen molar-refractivity contribution in [1.82, 2.24) is 9.29 Å². The van der Waals surface area contributed by atoms with E-state index in [-0.39, 0.29) is 11.5 Å². The largest absolute Gasteiger partial charge is 0.390 e. The van der Waals surface area contributed by atoms with Crippen molar-refractivity contribution < 1.29 is 13.5 Å². The van der Waals surface area contributed by atoms with E-state index in [2.05, 4.69) is 4.72 Å². The zero-order valence-electron chi connectivity index (χ0n) is 10.7. The molecular formula is C11H20N2O3S. The second-order valence-electron chi connectivity index (χ2n) is 4.78. The maximum atomic E-state index is 12.1. The molecule has 1 heterocycles. The molecular weight excluding hydrogens is 240 g/mol. The molecule has 2 N–H and O–H groups in total. The van der Waals surface area contributed by atoms with Crippen molar-refractivity contribution >= 4 is 10.0 Å². The Bertz CT molecular complexity index is 489. The van der Waals surface area contributed by atoms with Crippen molar-refractivity contribution in [2.24, 2.45) is 7.05 Å². The van der Waals surface area contributed by atoms with Crippen LogP contribution in [0.4, 0.5) is 0 Å². The van der Waals surface area contributed by atoms with Gasteiger partial charge in [-0.3, -0.25) is 0 Å². The molecule has 0 aliphatic carbocycles. The third kappa shape index (κ3) is 3.31. The summed E-state index contributed by atoms with van der Waals surface area (Å²) in [7, 11) is -1.82. The molecule has 0 aliphatic rings. The number of aliphatic hydroxyl groups excluding tert-OH is 1. The second kappa shape index (κ2) is 4.80. The minimum Gasteiger partial charge on any atom is -0.390 e. The predicted octanol–water partition coefficient (Wildman–Crippen LogP) is 0.984. The van der Waals surface area contributed by atoms with Crippen LogP contribution in [-0.4, -0.2) is 23.6 Å². The number of nitrogens with zero attached hydrogens (tertiary/aromatic N) is 1. The third-order valence-corrected chi connectivity index (χ3v) is 4.51. The predicted molar refractivity (Wildman–Crippen MR) is 66.0 cm³/mol. The van der Waals surface area contributed by atoms with Crippen LogP contribution in [0.1, 0.15) is 32.9 Å². The van der Waals surface area contributed by atoms with Crippen molar-refractivity contribution in [3.63, 3.8) is 0 Å². The van der Waals surface area contributed by atoms with E-state index in [0.29, 0.717) is 12.1 Å². The maximum absolute atomic E-state index is 12.1. The molecule has 0 fully saturated rings. The van der Waals surface area contributed by atoms with E-state index >= 15 is 0 Å². The van der Waals surface area contributed by atoms with Crippen LogP contribution in [0.15, 0.2) is 17.2 Å². The molecule has 1 aromatic heterocycles. The minimum atomic E-state index is -3.52. The highest BCUT2D eigenvalue weighted by atomic mass is 32.2. The van der Waals surface area contributed by atoms with Gasteiger partial charge in [0, 0.05) is 24.5 Å². The second-order valence-corrected chi connectivity index (χ2v) is 6.46. The van der Waals surface area contributed by atoms with Gasteiger partial charge in [-0.25, -0.2) is 13.1 Å². The van der Waals surface area contributed by atoms with Crippen molar-refractivity contribution in [2.75, 3.05) is 0 Å². The fraction of sp³-hybridized carbons (Fsp3) is 0.636. The van der Waals surface area contributed by atoms with E-state index in [9.17, 15) is 8.42 Å². The summed E-state index contributed by atoms with van der Waals surface area (Å²) >= 11 is 0. The molecule has 0 aliphatic heterocycles. The Labute approximate surface area is 103 Å². The van der Waals surface area contributed by atoms with Gasteiger partial charge in [0.2, 0.25) is 10.0 Å². The summed E-state index contributed by atoms with van der Waals surface area (Å²) in [5.41, 5.74) is 0.0910. The number of nitrogens with one attached hydrogen (secondary N) is 1. The smallest absolute Gasteiger partial charge is 0.242 e. The first-order valence-electron chi connectivity index (χ1n) is 5.52. The van der Waals surface area contributed by atoms with Gasteiger partial charge in [-0.1, -0.05) is 6.92 Å². The van der Waals surface area contributed by atoms with Crippen LogP contribution in [0.3, 0.4) is 0 Å². The Morgan fingerprint density at radius 3 is 2.47 bits per heavy atom. The Morgan fingerprint density at radius 1 is 1.47 bits per heavy atom. The fourth-order valence-corrected chi connectivity index (χ4v) is 2.95. The Kier molecular flexibility index (Phi) is 4.01. The number of aryl methyl sites for hydroxylation is 1. The van der Waals surface area contributed by atoms with Crippen LogP contribution in [-0.2, 0) is 23.7 Å². The van der Waals surface area contributed by atoms with E-state index < -0.39 is 15.6 Å². The van der Waals surface area contributed by atoms with Crippen LogP contribution in [0.25, 0.3) is 0 Å². The van der Waals surface area contributed by atoms with Gasteiger partial charge in [-0.05, 0) is 26.3 Å². The van der Waals surface area contributed by atoms with Gasteiger partial charge in [0.25, 0.3) is 0 Å². The first-order chi connectivity index (χ1) is 7.72. The molecule has 6 heteroatoms. The Hall–Kier alpha value is -0.850. The summed E-state index contributed by atoms with van der Waals surface area (Å²) in [5, 5.41) is 9.04. The first-order valence-corrected chi connectivity index (χ1v) is 7.00. The minimum absolute atomic E-state index is 0.177. The molecule has 0 unspecified atom stereocenters. The summed E-state index contributed by atoms with van der Waals surface area (Å²) in [5.74, 6) is 0. The van der Waals surface area contributed by atoms with Crippen molar-refractivity contribution in [3.8, 4) is 0 Å². The SMILES string of the molecule is CCC(C)(C)NS(=O)(=O)c1cc(CO)n(C)c1. The first kappa shape index (κ1) is 14.2. The van der Waals surface area contributed by atoms with Gasteiger partial charge >= 0.3 is 0 Å². The van der Waals surface area contributed by atoms with E-state index in [4.69, 9.17) is 5.11 Å². The lowest BCUT2D eigenvalue weighted by Gasteiger charge is -2.23. The highest BCUT2D eigenvalue weighted by molar-refractivity contribution is 7.89. The molecule has 17 heavy (non-hydrogen) atoms. The highest BCUT2D eigenvalue weighted by Gasteiger charge is 2.25. The molecule has 0 saturated heterocycles. The van der Waals surface area contributed by atoms with Gasteiger partial charge in [-0.15, -0.1) is 0 Å². The van der Waals surface area contributed by atoms with Crippen LogP contribution in [0.5, 0.6) is 0 Å². The molecule has 1 aromatic rings. The van der Waals surface area contributed by atoms with Gasteiger partial charge in [0.15, 0.2) is 0 Å². The van der Waals surface area contributed by atoms with Crippen molar-refractivity contribution in [1.29, 1.82) is 0 Å². The monoisotopic (exact) mass is 260 g/mol. The topological polar surface area (TPSA) is 71.3 Å². The van der Waals surface area contributed by atoms with E-state index in [0.717, 1.165) is 0 Å². The lowest BCUT2D eigenvalue weighted by atomic mass is 10.0. The van der Waals surface area contributed by atoms with Gasteiger partial charge < -0.3 is 9.67 Å². The van der Waals surface area contributed by atoms with Gasteiger partial charge in [0.05, 0.1) is 11.5 Å². The summed E-state index contributed by atoms with van der Waals surface area (Å²) in [6.07, 6.45) is 2.20. The summed E-state index contributed by atoms with van der Waals surface area (Å²) in [6.45, 7) is 5.41. The van der Waals surface area contributed by atoms with E-state index in [1.807, 2.05) is 20.8 Å². The number of aliphatic hydroxyl groups is 1. The van der Waals surface area contributed by atoms with E-state index in [1.54, 1.807) is 11.6 Å². The molecule has 98 valence electrons. The maximum Gasteiger partial charge on any atom is 0.242 e. The third-order valence-electron chi connectivity index (χ3n) is 2.85. The number of sulfonamides is 1. The Balaban J connectivity index is 3.05. The number of rotatable bonds is 5. The molecule has 0 bridgehead atoms. The quantitative estimate of drug-likeness (QED) is 0.829. The number of aromatic nitrogens is 1. The normalized spacial score (nSPS) is 13.0. The van der Waals surface area contributed by atoms with Crippen LogP contribution in [0, 0.1) is 0 Å². The lowest BCUT2D eigenvalue weighted by molar-refractivity contribution is 0.272. The van der Waals surface area contributed by atoms with Crippen molar-refractivity contribution in [2.45, 2.75) is 44.2 Å². The molecule has 0 amide bonds. The van der Waals surface area contributed by atoms with Crippen LogP contribution >= 0.6 is 0 Å². The highest BCUT2D eigenvalue weighted by Crippen LogP contribution is 2.17. The zero-order valence-corrected chi connectivity index (χ0v) is 11.5. The summed E-state index contributed by atoms with van der Waals surface area (Å²) in [6, 6.07) is 1.48. The van der Waals surface area contributed by atoms with Gasteiger partial charge in [-0.2, -0.15) is 0 Å². The average Bonchev–Trinajstić information content (AvgIpc) is 2.59. The molecule has 0 aromatic carbocycles. The van der Waals surface area contributed by atoms with Gasteiger partial charge in [0.1, 0.15) is 0 Å². The Morgan fingerprint density at radius 2 is 2.06 bits per heavy atom. The van der Waals surface area contributed by atoms with Crippen LogP contribution in [0.2, 0.25) is 0 Å². The lowest BCUT2D eigenvalue weighted by Crippen LogP contribution is -2.42. The van der Waals surface area contributed by atoms with Crippen LogP contribution < -0.4 is 4.72 Å². The zero-order chi connectivity index (χ0) is 13.3. The molecule has 1 rings (SSSR count). The molecule has 0 saturated carbocycles. The fourth-order valence-electron chi connectivity index (χ4n) is 1.38. The molecule has 5 nitrogen and oxygen atoms in total. The molecule has 0 spiro atoms. The standard InChI is InChI=1S/C11H20N2O3S/c1-5-11(2,3)12-17(15,16)10-6-9(8-14)13(4)7-10/h6-7,12,14H,5,8H2,1-4H3. The van der Waals surface area contributed by atoms with E-state index in [1.165, 1.54) is 12.3 Å². The van der Waals surface area contributed by atoms with Crippen molar-refractivity contribution in [3.05, 3.63) is 18.0 Å². The summed E-state index contributed by atoms with van der Waals surface area (Å²) in [4.78, 5) is 0.186.